The molecule has 14 heavy (non-hydrogen) atoms. The molecule has 0 fully saturated rings. The first-order chi connectivity index (χ1) is 6.60. The summed E-state index contributed by atoms with van der Waals surface area (Å²) in [6.45, 7) is 2.09. The molecule has 2 unspecified atom stereocenters. The largest absolute Gasteiger partial charge is 0.396 e. The van der Waals surface area contributed by atoms with Crippen molar-refractivity contribution in [1.29, 1.82) is 0 Å². The van der Waals surface area contributed by atoms with Crippen molar-refractivity contribution in [3.63, 3.8) is 0 Å². The van der Waals surface area contributed by atoms with Crippen molar-refractivity contribution in [2.75, 3.05) is 18.6 Å². The maximum absolute atomic E-state index is 10.6. The molecule has 0 aromatic rings. The Balaban J connectivity index is 3.81. The van der Waals surface area contributed by atoms with Crippen molar-refractivity contribution in [1.82, 2.24) is 5.32 Å². The lowest BCUT2D eigenvalue weighted by molar-refractivity contribution is -0.118. The monoisotopic (exact) mass is 220 g/mol. The van der Waals surface area contributed by atoms with Gasteiger partial charge in [-0.1, -0.05) is 0 Å². The van der Waals surface area contributed by atoms with Gasteiger partial charge < -0.3 is 16.2 Å². The fourth-order valence-corrected chi connectivity index (χ4v) is 2.00. The first-order valence-corrected chi connectivity index (χ1v) is 6.13. The number of amides is 1. The fourth-order valence-electron chi connectivity index (χ4n) is 1.33. The molecule has 0 aromatic carbocycles. The summed E-state index contributed by atoms with van der Waals surface area (Å²) < 4.78 is 0. The zero-order valence-corrected chi connectivity index (χ0v) is 9.64. The molecule has 0 radical (unpaired) electrons. The minimum Gasteiger partial charge on any atom is -0.396 e. The lowest BCUT2D eigenvalue weighted by Crippen LogP contribution is -2.40. The quantitative estimate of drug-likeness (QED) is 0.536. The molecular weight excluding hydrogens is 200 g/mol. The predicted octanol–water partition coefficient (Wildman–Crippen LogP) is -0.0461. The number of primary amides is 1. The van der Waals surface area contributed by atoms with Crippen LogP contribution in [0.25, 0.3) is 0 Å². The highest BCUT2D eigenvalue weighted by Crippen LogP contribution is 2.03. The van der Waals surface area contributed by atoms with Crippen molar-refractivity contribution in [3.8, 4) is 0 Å². The number of aliphatic hydroxyl groups excluding tert-OH is 1. The number of nitrogens with two attached hydrogens (primary N) is 1. The van der Waals surface area contributed by atoms with E-state index in [1.54, 1.807) is 11.8 Å². The first-order valence-electron chi connectivity index (χ1n) is 4.74. The molecule has 0 heterocycles. The van der Waals surface area contributed by atoms with Gasteiger partial charge in [-0.15, -0.1) is 0 Å². The molecular formula is C9H20N2O2S. The Morgan fingerprint density at radius 2 is 2.29 bits per heavy atom. The number of hydrogen-bond donors (Lipinski definition) is 3. The van der Waals surface area contributed by atoms with E-state index >= 15 is 0 Å². The number of hydrogen-bond acceptors (Lipinski definition) is 4. The molecule has 0 spiro atoms. The zero-order valence-electron chi connectivity index (χ0n) is 8.82. The van der Waals surface area contributed by atoms with Gasteiger partial charge in [0.05, 0.1) is 0 Å². The molecule has 84 valence electrons. The van der Waals surface area contributed by atoms with E-state index in [1.807, 2.05) is 13.2 Å². The van der Waals surface area contributed by atoms with Gasteiger partial charge in [0, 0.05) is 30.9 Å². The Morgan fingerprint density at radius 1 is 1.64 bits per heavy atom. The van der Waals surface area contributed by atoms with Crippen molar-refractivity contribution < 1.29 is 9.90 Å². The van der Waals surface area contributed by atoms with Gasteiger partial charge in [0.15, 0.2) is 0 Å². The average molecular weight is 220 g/mol. The number of rotatable bonds is 8. The summed E-state index contributed by atoms with van der Waals surface area (Å²) in [7, 11) is 0. The molecule has 0 aliphatic heterocycles. The number of aliphatic hydroxyl groups is 1. The standard InChI is InChI=1S/C9H20N2O2S/c1-7(5-9(10)13)11-8(3-4-12)6-14-2/h7-8,11-12H,3-6H2,1-2H3,(H2,10,13). The van der Waals surface area contributed by atoms with E-state index in [1.165, 1.54) is 0 Å². The second-order valence-corrected chi connectivity index (χ2v) is 4.31. The number of thioether (sulfide) groups is 1. The summed E-state index contributed by atoms with van der Waals surface area (Å²) in [6, 6.07) is 0.334. The second kappa shape index (κ2) is 8.08. The highest BCUT2D eigenvalue weighted by atomic mass is 32.2. The van der Waals surface area contributed by atoms with Gasteiger partial charge in [-0.2, -0.15) is 11.8 Å². The second-order valence-electron chi connectivity index (χ2n) is 3.40. The molecule has 0 aliphatic carbocycles. The van der Waals surface area contributed by atoms with Crippen molar-refractivity contribution in [3.05, 3.63) is 0 Å². The van der Waals surface area contributed by atoms with Gasteiger partial charge >= 0.3 is 0 Å². The van der Waals surface area contributed by atoms with Crippen molar-refractivity contribution in [2.24, 2.45) is 5.73 Å². The number of carbonyl (C=O) groups excluding carboxylic acids is 1. The predicted molar refractivity (Wildman–Crippen MR) is 60.3 cm³/mol. The highest BCUT2D eigenvalue weighted by Gasteiger charge is 2.12. The van der Waals surface area contributed by atoms with E-state index in [0.29, 0.717) is 12.8 Å². The third kappa shape index (κ3) is 7.17. The lowest BCUT2D eigenvalue weighted by Gasteiger charge is -2.21. The zero-order chi connectivity index (χ0) is 11.0. The molecule has 4 nitrogen and oxygen atoms in total. The first kappa shape index (κ1) is 13.7. The summed E-state index contributed by atoms with van der Waals surface area (Å²) in [5.41, 5.74) is 5.08. The summed E-state index contributed by atoms with van der Waals surface area (Å²) in [5, 5.41) is 12.1. The van der Waals surface area contributed by atoms with Gasteiger partial charge in [-0.25, -0.2) is 0 Å². The van der Waals surface area contributed by atoms with Gasteiger partial charge in [0.1, 0.15) is 0 Å². The normalized spacial score (nSPS) is 15.1. The van der Waals surface area contributed by atoms with Gasteiger partial charge in [0.2, 0.25) is 5.91 Å². The average Bonchev–Trinajstić information content (AvgIpc) is 2.03. The van der Waals surface area contributed by atoms with Gasteiger partial charge in [-0.3, -0.25) is 4.79 Å². The Bertz CT molecular complexity index is 161. The topological polar surface area (TPSA) is 75.3 Å². The third-order valence-corrected chi connectivity index (χ3v) is 2.61. The van der Waals surface area contributed by atoms with Crippen LogP contribution in [-0.4, -0.2) is 41.7 Å². The van der Waals surface area contributed by atoms with Crippen LogP contribution in [0, 0.1) is 0 Å². The summed E-state index contributed by atoms with van der Waals surface area (Å²) in [6.07, 6.45) is 3.07. The molecule has 0 rings (SSSR count). The molecule has 0 saturated heterocycles. The van der Waals surface area contributed by atoms with E-state index in [4.69, 9.17) is 10.8 Å². The highest BCUT2D eigenvalue weighted by molar-refractivity contribution is 7.98. The summed E-state index contributed by atoms with van der Waals surface area (Å²) >= 11 is 1.72. The van der Waals surface area contributed by atoms with E-state index in [0.717, 1.165) is 5.75 Å². The maximum atomic E-state index is 10.6. The summed E-state index contributed by atoms with van der Waals surface area (Å²) in [5.74, 6) is 0.640. The maximum Gasteiger partial charge on any atom is 0.218 e. The SMILES string of the molecule is CSCC(CCO)NC(C)CC(N)=O. The van der Waals surface area contributed by atoms with Crippen LogP contribution in [0.2, 0.25) is 0 Å². The summed E-state index contributed by atoms with van der Waals surface area (Å²) in [4.78, 5) is 10.6. The van der Waals surface area contributed by atoms with Crippen LogP contribution < -0.4 is 11.1 Å². The van der Waals surface area contributed by atoms with Crippen LogP contribution in [0.5, 0.6) is 0 Å². The minimum absolute atomic E-state index is 0.0798. The van der Waals surface area contributed by atoms with Crippen molar-refractivity contribution >= 4 is 17.7 Å². The molecule has 2 atom stereocenters. The molecule has 5 heteroatoms. The van der Waals surface area contributed by atoms with Gasteiger partial charge in [-0.05, 0) is 19.6 Å². The number of nitrogens with one attached hydrogen (secondary N) is 1. The van der Waals surface area contributed by atoms with E-state index < -0.39 is 0 Å². The van der Waals surface area contributed by atoms with E-state index in [2.05, 4.69) is 5.32 Å². The van der Waals surface area contributed by atoms with Crippen LogP contribution >= 0.6 is 11.8 Å². The fraction of sp³-hybridized carbons (Fsp3) is 0.889. The smallest absolute Gasteiger partial charge is 0.218 e. The van der Waals surface area contributed by atoms with Crippen molar-refractivity contribution in [2.45, 2.75) is 31.8 Å². The molecule has 4 N–H and O–H groups in total. The van der Waals surface area contributed by atoms with Crippen LogP contribution in [0.4, 0.5) is 0 Å². The Morgan fingerprint density at radius 3 is 2.71 bits per heavy atom. The molecule has 0 aliphatic rings. The Labute approximate surface area is 89.6 Å². The van der Waals surface area contributed by atoms with Crippen LogP contribution in [0.3, 0.4) is 0 Å². The number of carbonyl (C=O) groups is 1. The minimum atomic E-state index is -0.295. The molecule has 0 saturated carbocycles. The van der Waals surface area contributed by atoms with E-state index in [9.17, 15) is 4.79 Å². The van der Waals surface area contributed by atoms with Crippen LogP contribution in [0.15, 0.2) is 0 Å². The van der Waals surface area contributed by atoms with E-state index in [-0.39, 0.29) is 24.6 Å². The lowest BCUT2D eigenvalue weighted by atomic mass is 10.1. The Hall–Kier alpha value is -0.260. The molecule has 0 bridgehead atoms. The van der Waals surface area contributed by atoms with Gasteiger partial charge in [0.25, 0.3) is 0 Å². The van der Waals surface area contributed by atoms with Crippen LogP contribution in [0.1, 0.15) is 19.8 Å². The van der Waals surface area contributed by atoms with Crippen LogP contribution in [-0.2, 0) is 4.79 Å². The molecule has 1 amide bonds. The molecule has 0 aromatic heterocycles. The third-order valence-electron chi connectivity index (χ3n) is 1.87. The Kier molecular flexibility index (Phi) is 7.93.